The molecule has 1 aromatic carbocycles. The van der Waals surface area contributed by atoms with Gasteiger partial charge in [-0.15, -0.1) is 10.2 Å². The summed E-state index contributed by atoms with van der Waals surface area (Å²) in [5.41, 5.74) is 1.51. The van der Waals surface area contributed by atoms with Crippen LogP contribution >= 0.6 is 11.8 Å². The number of carbonyl (C=O) groups excluding carboxylic acids is 3. The van der Waals surface area contributed by atoms with Crippen molar-refractivity contribution in [3.05, 3.63) is 41.2 Å². The molecular formula is C19H24N4O4S. The molecule has 0 saturated heterocycles. The van der Waals surface area contributed by atoms with Crippen molar-refractivity contribution >= 4 is 29.4 Å². The van der Waals surface area contributed by atoms with Crippen molar-refractivity contribution in [2.45, 2.75) is 38.4 Å². The Morgan fingerprint density at radius 1 is 1.21 bits per heavy atom. The minimum atomic E-state index is -0.362. The van der Waals surface area contributed by atoms with Gasteiger partial charge in [-0.25, -0.2) is 0 Å². The van der Waals surface area contributed by atoms with Crippen LogP contribution in [0.1, 0.15) is 48.6 Å². The number of thioether (sulfide) groups is 1. The van der Waals surface area contributed by atoms with Crippen LogP contribution in [0.5, 0.6) is 0 Å². The number of nitrogens with zero attached hydrogens (tertiary/aromatic N) is 3. The molecule has 8 nitrogen and oxygen atoms in total. The smallest absolute Gasteiger partial charge is 0.313 e. The summed E-state index contributed by atoms with van der Waals surface area (Å²) in [6, 6.07) is 7.04. The predicted molar refractivity (Wildman–Crippen MR) is 105 cm³/mol. The number of esters is 1. The normalized spacial score (nSPS) is 11.7. The molecule has 1 heterocycles. The van der Waals surface area contributed by atoms with Crippen LogP contribution in [0, 0.1) is 0 Å². The van der Waals surface area contributed by atoms with Crippen molar-refractivity contribution in [3.8, 4) is 0 Å². The zero-order valence-corrected chi connectivity index (χ0v) is 17.2. The van der Waals surface area contributed by atoms with Gasteiger partial charge in [-0.3, -0.25) is 14.4 Å². The maximum Gasteiger partial charge on any atom is 0.313 e. The Bertz CT molecular complexity index is 848. The SMILES string of the molecule is CCOC(=O)Cc1nnc(SCC(=O)c2ccc([C@H](C)NC(C)=O)cc2)n1C. The van der Waals surface area contributed by atoms with E-state index < -0.39 is 0 Å². The monoisotopic (exact) mass is 404 g/mol. The fraction of sp³-hybridized carbons (Fsp3) is 0.421. The van der Waals surface area contributed by atoms with Gasteiger partial charge in [0, 0.05) is 19.5 Å². The van der Waals surface area contributed by atoms with E-state index in [1.807, 2.05) is 19.1 Å². The van der Waals surface area contributed by atoms with E-state index in [-0.39, 0.29) is 35.9 Å². The Labute approximate surface area is 168 Å². The van der Waals surface area contributed by atoms with Crippen LogP contribution in [0.25, 0.3) is 0 Å². The third kappa shape index (κ3) is 5.91. The van der Waals surface area contributed by atoms with E-state index >= 15 is 0 Å². The number of rotatable bonds is 9. The number of hydrogen-bond donors (Lipinski definition) is 1. The number of benzene rings is 1. The van der Waals surface area contributed by atoms with Crippen LogP contribution in [0.4, 0.5) is 0 Å². The van der Waals surface area contributed by atoms with Crippen LogP contribution in [-0.4, -0.2) is 44.8 Å². The lowest BCUT2D eigenvalue weighted by Gasteiger charge is -2.13. The summed E-state index contributed by atoms with van der Waals surface area (Å²) in [4.78, 5) is 35.1. The lowest BCUT2D eigenvalue weighted by molar-refractivity contribution is -0.142. The van der Waals surface area contributed by atoms with Crippen molar-refractivity contribution in [2.24, 2.45) is 7.05 Å². The van der Waals surface area contributed by atoms with E-state index in [4.69, 9.17) is 4.74 Å². The van der Waals surface area contributed by atoms with Gasteiger partial charge < -0.3 is 14.6 Å². The highest BCUT2D eigenvalue weighted by Crippen LogP contribution is 2.19. The van der Waals surface area contributed by atoms with Crippen molar-refractivity contribution in [3.63, 3.8) is 0 Å². The maximum atomic E-state index is 12.4. The first-order valence-corrected chi connectivity index (χ1v) is 9.87. The first-order chi connectivity index (χ1) is 13.3. The van der Waals surface area contributed by atoms with Gasteiger partial charge in [0.15, 0.2) is 10.9 Å². The minimum Gasteiger partial charge on any atom is -0.466 e. The van der Waals surface area contributed by atoms with E-state index in [0.717, 1.165) is 5.56 Å². The maximum absolute atomic E-state index is 12.4. The summed E-state index contributed by atoms with van der Waals surface area (Å²) in [5, 5.41) is 11.4. The first kappa shape index (κ1) is 21.6. The third-order valence-electron chi connectivity index (χ3n) is 4.02. The van der Waals surface area contributed by atoms with E-state index in [0.29, 0.717) is 23.2 Å². The van der Waals surface area contributed by atoms with E-state index in [2.05, 4.69) is 15.5 Å². The van der Waals surface area contributed by atoms with Crippen molar-refractivity contribution in [1.82, 2.24) is 20.1 Å². The summed E-state index contributed by atoms with van der Waals surface area (Å²) >= 11 is 1.26. The number of nitrogens with one attached hydrogen (secondary N) is 1. The number of aromatic nitrogens is 3. The van der Waals surface area contributed by atoms with Crippen LogP contribution < -0.4 is 5.32 Å². The largest absolute Gasteiger partial charge is 0.466 e. The number of ether oxygens (including phenoxy) is 1. The Kier molecular flexibility index (Phi) is 7.74. The fourth-order valence-electron chi connectivity index (χ4n) is 2.53. The van der Waals surface area contributed by atoms with E-state index in [1.165, 1.54) is 18.7 Å². The van der Waals surface area contributed by atoms with Gasteiger partial charge in [-0.05, 0) is 19.4 Å². The fourth-order valence-corrected chi connectivity index (χ4v) is 3.35. The molecule has 0 fully saturated rings. The highest BCUT2D eigenvalue weighted by Gasteiger charge is 2.16. The topological polar surface area (TPSA) is 103 Å². The molecule has 9 heteroatoms. The molecule has 0 bridgehead atoms. The third-order valence-corrected chi connectivity index (χ3v) is 5.04. The van der Waals surface area contributed by atoms with E-state index in [1.54, 1.807) is 30.7 Å². The van der Waals surface area contributed by atoms with Gasteiger partial charge in [0.2, 0.25) is 5.91 Å². The highest BCUT2D eigenvalue weighted by atomic mass is 32.2. The second-order valence-electron chi connectivity index (χ2n) is 6.20. The molecule has 0 aliphatic carbocycles. The predicted octanol–water partition coefficient (Wildman–Crippen LogP) is 2.09. The Morgan fingerprint density at radius 3 is 2.50 bits per heavy atom. The molecule has 1 N–H and O–H groups in total. The summed E-state index contributed by atoms with van der Waals surface area (Å²) in [6.45, 7) is 5.41. The molecule has 28 heavy (non-hydrogen) atoms. The molecule has 1 aromatic heterocycles. The average Bonchev–Trinajstić information content (AvgIpc) is 2.99. The Balaban J connectivity index is 1.94. The number of Topliss-reactive ketones (excluding diaryl/α,β-unsaturated/α-hetero) is 1. The molecule has 150 valence electrons. The zero-order valence-electron chi connectivity index (χ0n) is 16.4. The second kappa shape index (κ2) is 10.0. The number of hydrogen-bond acceptors (Lipinski definition) is 7. The molecule has 0 unspecified atom stereocenters. The molecule has 0 spiro atoms. The first-order valence-electron chi connectivity index (χ1n) is 8.88. The molecule has 0 aliphatic rings. The standard InChI is InChI=1S/C19H24N4O4S/c1-5-27-18(26)10-17-21-22-19(23(17)4)28-11-16(25)15-8-6-14(7-9-15)12(2)20-13(3)24/h6-9,12H,5,10-11H2,1-4H3,(H,20,24)/t12-/m0/s1. The molecular weight excluding hydrogens is 380 g/mol. The molecule has 2 aromatic rings. The van der Waals surface area contributed by atoms with Gasteiger partial charge in [0.05, 0.1) is 18.4 Å². The lowest BCUT2D eigenvalue weighted by atomic mass is 10.0. The molecule has 0 radical (unpaired) electrons. The quantitative estimate of drug-likeness (QED) is 0.388. The van der Waals surface area contributed by atoms with E-state index in [9.17, 15) is 14.4 Å². The molecule has 1 amide bonds. The zero-order chi connectivity index (χ0) is 20.7. The second-order valence-corrected chi connectivity index (χ2v) is 7.14. The van der Waals surface area contributed by atoms with Gasteiger partial charge in [-0.2, -0.15) is 0 Å². The van der Waals surface area contributed by atoms with Crippen molar-refractivity contribution < 1.29 is 19.1 Å². The van der Waals surface area contributed by atoms with Crippen LogP contribution in [0.3, 0.4) is 0 Å². The molecule has 0 aliphatic heterocycles. The highest BCUT2D eigenvalue weighted by molar-refractivity contribution is 7.99. The Hall–Kier alpha value is -2.68. The van der Waals surface area contributed by atoms with Gasteiger partial charge in [0.1, 0.15) is 12.2 Å². The summed E-state index contributed by atoms with van der Waals surface area (Å²) in [5.74, 6) is 0.184. The number of amides is 1. The van der Waals surface area contributed by atoms with Crippen LogP contribution in [-0.2, 0) is 27.8 Å². The van der Waals surface area contributed by atoms with Gasteiger partial charge in [-0.1, -0.05) is 36.0 Å². The summed E-state index contributed by atoms with van der Waals surface area (Å²) < 4.78 is 6.60. The van der Waals surface area contributed by atoms with Crippen molar-refractivity contribution in [1.29, 1.82) is 0 Å². The number of ketones is 1. The van der Waals surface area contributed by atoms with Gasteiger partial charge >= 0.3 is 5.97 Å². The Morgan fingerprint density at radius 2 is 1.89 bits per heavy atom. The molecule has 1 atom stereocenters. The van der Waals surface area contributed by atoms with Crippen LogP contribution in [0.15, 0.2) is 29.4 Å². The van der Waals surface area contributed by atoms with Gasteiger partial charge in [0.25, 0.3) is 0 Å². The summed E-state index contributed by atoms with van der Waals surface area (Å²) in [6.07, 6.45) is 0.0415. The van der Waals surface area contributed by atoms with Crippen LogP contribution in [0.2, 0.25) is 0 Å². The summed E-state index contributed by atoms with van der Waals surface area (Å²) in [7, 11) is 1.75. The number of carbonyl (C=O) groups is 3. The molecule has 2 rings (SSSR count). The lowest BCUT2D eigenvalue weighted by Crippen LogP contribution is -2.23. The average molecular weight is 404 g/mol. The minimum absolute atomic E-state index is 0.0415. The molecule has 0 saturated carbocycles. The van der Waals surface area contributed by atoms with Crippen molar-refractivity contribution in [2.75, 3.05) is 12.4 Å².